The van der Waals surface area contributed by atoms with Gasteiger partial charge in [-0.1, -0.05) is 44.0 Å². The van der Waals surface area contributed by atoms with E-state index in [0.717, 1.165) is 38.5 Å². The lowest BCUT2D eigenvalue weighted by molar-refractivity contribution is -0.155. The molecule has 0 bridgehead atoms. The maximum Gasteiger partial charge on any atom is 0.319 e. The average Bonchev–Trinajstić information content (AvgIpc) is 2.56. The van der Waals surface area contributed by atoms with Crippen LogP contribution >= 0.6 is 0 Å². The van der Waals surface area contributed by atoms with Crippen LogP contribution in [0, 0.1) is 11.7 Å². The summed E-state index contributed by atoms with van der Waals surface area (Å²) < 4.78 is 20.0. The first kappa shape index (κ1) is 18.4. The number of carbonyl (C=O) groups is 2. The van der Waals surface area contributed by atoms with Gasteiger partial charge in [0, 0.05) is 11.3 Å². The number of rotatable bonds is 3. The van der Waals surface area contributed by atoms with Crippen molar-refractivity contribution < 1.29 is 18.7 Å². The zero-order valence-electron chi connectivity index (χ0n) is 14.8. The van der Waals surface area contributed by atoms with E-state index in [9.17, 15) is 14.0 Å². The molecule has 1 aliphatic heterocycles. The SMILES string of the molecule is C=C1NC(=O)NC(c2ccccc2F)C1C(=O)OC1CCCCCCC1. The van der Waals surface area contributed by atoms with Crippen molar-refractivity contribution >= 4 is 12.0 Å². The van der Waals surface area contributed by atoms with Gasteiger partial charge in [0.1, 0.15) is 17.8 Å². The number of nitrogens with one attached hydrogen (secondary N) is 2. The van der Waals surface area contributed by atoms with Crippen LogP contribution in [0.15, 0.2) is 36.5 Å². The van der Waals surface area contributed by atoms with Crippen LogP contribution in [0.5, 0.6) is 0 Å². The molecule has 1 saturated heterocycles. The highest BCUT2D eigenvalue weighted by Gasteiger charge is 2.40. The number of esters is 1. The molecule has 6 heteroatoms. The highest BCUT2D eigenvalue weighted by atomic mass is 19.1. The van der Waals surface area contributed by atoms with Crippen molar-refractivity contribution in [1.29, 1.82) is 0 Å². The van der Waals surface area contributed by atoms with E-state index < -0.39 is 29.8 Å². The van der Waals surface area contributed by atoms with Gasteiger partial charge in [-0.2, -0.15) is 0 Å². The first-order valence-electron chi connectivity index (χ1n) is 9.27. The van der Waals surface area contributed by atoms with Crippen LogP contribution in [0.25, 0.3) is 0 Å². The molecule has 2 amide bonds. The number of benzene rings is 1. The fraction of sp³-hybridized carbons (Fsp3) is 0.500. The molecule has 26 heavy (non-hydrogen) atoms. The van der Waals surface area contributed by atoms with Crippen molar-refractivity contribution in [3.63, 3.8) is 0 Å². The minimum atomic E-state index is -0.866. The highest BCUT2D eigenvalue weighted by Crippen LogP contribution is 2.33. The summed E-state index contributed by atoms with van der Waals surface area (Å²) in [6.07, 6.45) is 7.16. The van der Waals surface area contributed by atoms with E-state index in [2.05, 4.69) is 17.2 Å². The van der Waals surface area contributed by atoms with E-state index in [0.29, 0.717) is 0 Å². The van der Waals surface area contributed by atoms with Gasteiger partial charge in [-0.25, -0.2) is 9.18 Å². The average molecular weight is 360 g/mol. The van der Waals surface area contributed by atoms with Gasteiger partial charge in [0.25, 0.3) is 0 Å². The lowest BCUT2D eigenvalue weighted by atomic mass is 9.88. The molecular formula is C20H25FN2O3. The fourth-order valence-corrected chi connectivity index (χ4v) is 3.72. The van der Waals surface area contributed by atoms with Gasteiger partial charge >= 0.3 is 12.0 Å². The maximum absolute atomic E-state index is 14.3. The molecule has 2 atom stereocenters. The summed E-state index contributed by atoms with van der Waals surface area (Å²) in [5, 5.41) is 5.16. The third kappa shape index (κ3) is 4.23. The number of amides is 2. The Hall–Kier alpha value is -2.37. The Morgan fingerprint density at radius 3 is 2.46 bits per heavy atom. The monoisotopic (exact) mass is 360 g/mol. The van der Waals surface area contributed by atoms with Gasteiger partial charge in [-0.05, 0) is 31.7 Å². The van der Waals surface area contributed by atoms with Crippen LogP contribution in [0.1, 0.15) is 56.6 Å². The molecule has 140 valence electrons. The third-order valence-corrected chi connectivity index (χ3v) is 5.10. The molecule has 0 aromatic heterocycles. The lowest BCUT2D eigenvalue weighted by Gasteiger charge is -2.34. The van der Waals surface area contributed by atoms with Gasteiger partial charge in [0.2, 0.25) is 0 Å². The summed E-state index contributed by atoms with van der Waals surface area (Å²) in [6, 6.07) is 4.78. The van der Waals surface area contributed by atoms with E-state index in [4.69, 9.17) is 4.74 Å². The van der Waals surface area contributed by atoms with Crippen molar-refractivity contribution in [1.82, 2.24) is 10.6 Å². The molecule has 1 saturated carbocycles. The first-order chi connectivity index (χ1) is 12.6. The molecule has 1 aliphatic carbocycles. The summed E-state index contributed by atoms with van der Waals surface area (Å²) in [4.78, 5) is 24.7. The van der Waals surface area contributed by atoms with E-state index in [1.165, 1.54) is 12.5 Å². The molecule has 1 aromatic carbocycles. The predicted octanol–water partition coefficient (Wildman–Crippen LogP) is 3.97. The van der Waals surface area contributed by atoms with E-state index in [1.807, 2.05) is 0 Å². The lowest BCUT2D eigenvalue weighted by Crippen LogP contribution is -2.51. The van der Waals surface area contributed by atoms with Gasteiger partial charge in [0.05, 0.1) is 6.04 Å². The molecule has 2 unspecified atom stereocenters. The van der Waals surface area contributed by atoms with E-state index >= 15 is 0 Å². The largest absolute Gasteiger partial charge is 0.462 e. The second-order valence-corrected chi connectivity index (χ2v) is 7.00. The molecule has 0 spiro atoms. The Bertz CT molecular complexity index is 683. The summed E-state index contributed by atoms with van der Waals surface area (Å²) >= 11 is 0. The zero-order chi connectivity index (χ0) is 18.5. The van der Waals surface area contributed by atoms with Crippen molar-refractivity contribution in [2.24, 2.45) is 5.92 Å². The van der Waals surface area contributed by atoms with Crippen LogP contribution in [-0.4, -0.2) is 18.1 Å². The molecule has 1 heterocycles. The Morgan fingerprint density at radius 1 is 1.12 bits per heavy atom. The Kier molecular flexibility index (Phi) is 5.91. The molecule has 5 nitrogen and oxygen atoms in total. The Morgan fingerprint density at radius 2 is 1.77 bits per heavy atom. The Balaban J connectivity index is 1.79. The summed E-state index contributed by atoms with van der Waals surface area (Å²) in [7, 11) is 0. The molecule has 2 N–H and O–H groups in total. The second kappa shape index (κ2) is 8.34. The van der Waals surface area contributed by atoms with Crippen LogP contribution in [0.4, 0.5) is 9.18 Å². The number of ether oxygens (including phenoxy) is 1. The van der Waals surface area contributed by atoms with Gasteiger partial charge in [0.15, 0.2) is 0 Å². The van der Waals surface area contributed by atoms with Gasteiger partial charge in [-0.15, -0.1) is 0 Å². The van der Waals surface area contributed by atoms with E-state index in [1.54, 1.807) is 18.2 Å². The molecule has 2 aliphatic rings. The van der Waals surface area contributed by atoms with Crippen LogP contribution in [-0.2, 0) is 9.53 Å². The van der Waals surface area contributed by atoms with Crippen LogP contribution in [0.3, 0.4) is 0 Å². The van der Waals surface area contributed by atoms with Crippen LogP contribution in [0.2, 0.25) is 0 Å². The van der Waals surface area contributed by atoms with E-state index in [-0.39, 0.29) is 17.4 Å². The standard InChI is InChI=1S/C20H25FN2O3/c1-13-17(19(24)26-14-9-5-3-2-4-6-10-14)18(23-20(25)22-13)15-11-7-8-12-16(15)21/h7-8,11-12,14,17-18H,1-6,9-10H2,(H2,22,23,25). The number of hydrogen-bond acceptors (Lipinski definition) is 3. The zero-order valence-corrected chi connectivity index (χ0v) is 14.8. The smallest absolute Gasteiger partial charge is 0.319 e. The molecule has 2 fully saturated rings. The third-order valence-electron chi connectivity index (χ3n) is 5.10. The topological polar surface area (TPSA) is 67.4 Å². The van der Waals surface area contributed by atoms with Crippen molar-refractivity contribution in [2.75, 3.05) is 0 Å². The minimum absolute atomic E-state index is 0.130. The number of carbonyl (C=O) groups excluding carboxylic acids is 2. The summed E-state index contributed by atoms with van der Waals surface area (Å²) in [5.41, 5.74) is 0.487. The normalized spacial score (nSPS) is 24.8. The maximum atomic E-state index is 14.3. The quantitative estimate of drug-likeness (QED) is 0.802. The predicted molar refractivity (Wildman–Crippen MR) is 95.6 cm³/mol. The van der Waals surface area contributed by atoms with Crippen LogP contribution < -0.4 is 10.6 Å². The van der Waals surface area contributed by atoms with Crippen molar-refractivity contribution in [3.8, 4) is 0 Å². The number of halogens is 1. The minimum Gasteiger partial charge on any atom is -0.462 e. The summed E-state index contributed by atoms with van der Waals surface area (Å²) in [6.45, 7) is 3.80. The molecule has 0 radical (unpaired) electrons. The van der Waals surface area contributed by atoms with Crippen molar-refractivity contribution in [2.45, 2.75) is 57.1 Å². The fourth-order valence-electron chi connectivity index (χ4n) is 3.72. The van der Waals surface area contributed by atoms with Crippen molar-refractivity contribution in [3.05, 3.63) is 47.9 Å². The summed E-state index contributed by atoms with van der Waals surface area (Å²) in [5.74, 6) is -1.81. The van der Waals surface area contributed by atoms with Gasteiger partial charge < -0.3 is 15.4 Å². The molecular weight excluding hydrogens is 335 g/mol. The number of urea groups is 1. The second-order valence-electron chi connectivity index (χ2n) is 7.00. The number of hydrogen-bond donors (Lipinski definition) is 2. The Labute approximate surface area is 153 Å². The van der Waals surface area contributed by atoms with Gasteiger partial charge in [-0.3, -0.25) is 4.79 Å². The highest BCUT2D eigenvalue weighted by molar-refractivity contribution is 5.85. The first-order valence-corrected chi connectivity index (χ1v) is 9.27. The molecule has 1 aromatic rings. The molecule has 3 rings (SSSR count).